The molecular formula is C15H12Cl2FNO2. The summed E-state index contributed by atoms with van der Waals surface area (Å²) in [6.07, 6.45) is -0.786. The van der Waals surface area contributed by atoms with Crippen molar-refractivity contribution < 1.29 is 13.9 Å². The van der Waals surface area contributed by atoms with Gasteiger partial charge in [-0.05, 0) is 43.3 Å². The summed E-state index contributed by atoms with van der Waals surface area (Å²) in [5, 5.41) is 3.21. The fourth-order valence-corrected chi connectivity index (χ4v) is 1.93. The highest BCUT2D eigenvalue weighted by Crippen LogP contribution is 2.32. The van der Waals surface area contributed by atoms with Gasteiger partial charge >= 0.3 is 0 Å². The molecule has 0 aliphatic carbocycles. The molecule has 21 heavy (non-hydrogen) atoms. The van der Waals surface area contributed by atoms with E-state index in [-0.39, 0.29) is 16.7 Å². The van der Waals surface area contributed by atoms with Crippen molar-refractivity contribution >= 4 is 34.8 Å². The largest absolute Gasteiger partial charge is 0.479 e. The van der Waals surface area contributed by atoms with Crippen LogP contribution in [0, 0.1) is 5.82 Å². The Balaban J connectivity index is 2.02. The zero-order valence-corrected chi connectivity index (χ0v) is 12.6. The monoisotopic (exact) mass is 327 g/mol. The maximum absolute atomic E-state index is 12.8. The van der Waals surface area contributed by atoms with Crippen molar-refractivity contribution in [3.63, 3.8) is 0 Å². The van der Waals surface area contributed by atoms with Gasteiger partial charge in [0.05, 0.1) is 5.02 Å². The summed E-state index contributed by atoms with van der Waals surface area (Å²) in [4.78, 5) is 12.0. The predicted octanol–water partition coefficient (Wildman–Crippen LogP) is 4.54. The lowest BCUT2D eigenvalue weighted by Crippen LogP contribution is -2.30. The Hall–Kier alpha value is -1.78. The van der Waals surface area contributed by atoms with E-state index < -0.39 is 6.10 Å². The van der Waals surface area contributed by atoms with Crippen molar-refractivity contribution in [2.75, 3.05) is 5.32 Å². The molecule has 1 atom stereocenters. The fraction of sp³-hybridized carbons (Fsp3) is 0.133. The van der Waals surface area contributed by atoms with Gasteiger partial charge in [-0.25, -0.2) is 4.39 Å². The molecule has 0 aromatic heterocycles. The quantitative estimate of drug-likeness (QED) is 0.895. The van der Waals surface area contributed by atoms with Gasteiger partial charge in [0.25, 0.3) is 5.91 Å². The van der Waals surface area contributed by atoms with Gasteiger partial charge in [0, 0.05) is 5.69 Å². The van der Waals surface area contributed by atoms with E-state index in [1.807, 2.05) is 0 Å². The van der Waals surface area contributed by atoms with E-state index in [1.54, 1.807) is 25.1 Å². The lowest BCUT2D eigenvalue weighted by molar-refractivity contribution is -0.122. The lowest BCUT2D eigenvalue weighted by atomic mass is 10.3. The molecule has 0 saturated heterocycles. The van der Waals surface area contributed by atoms with E-state index in [1.165, 1.54) is 24.3 Å². The van der Waals surface area contributed by atoms with Crippen LogP contribution in [0.5, 0.6) is 5.75 Å². The van der Waals surface area contributed by atoms with Crippen molar-refractivity contribution in [3.05, 3.63) is 58.3 Å². The van der Waals surface area contributed by atoms with Crippen LogP contribution in [0.15, 0.2) is 42.5 Å². The first-order valence-electron chi connectivity index (χ1n) is 6.14. The SMILES string of the molecule is C[C@@H](Oc1cccc(Cl)c1Cl)C(=O)Nc1ccc(F)cc1. The molecule has 0 aliphatic heterocycles. The Morgan fingerprint density at radius 1 is 1.19 bits per heavy atom. The summed E-state index contributed by atoms with van der Waals surface area (Å²) in [6.45, 7) is 1.58. The normalized spacial score (nSPS) is 11.8. The molecule has 0 radical (unpaired) electrons. The topological polar surface area (TPSA) is 38.3 Å². The number of carbonyl (C=O) groups excluding carboxylic acids is 1. The number of anilines is 1. The molecule has 1 N–H and O–H groups in total. The number of nitrogens with one attached hydrogen (secondary N) is 1. The Labute approximate surface area is 131 Å². The third kappa shape index (κ3) is 4.09. The minimum absolute atomic E-state index is 0.251. The molecule has 0 aliphatic rings. The smallest absolute Gasteiger partial charge is 0.265 e. The maximum atomic E-state index is 12.8. The molecule has 0 fully saturated rings. The van der Waals surface area contributed by atoms with Gasteiger partial charge in [-0.2, -0.15) is 0 Å². The molecule has 0 saturated carbocycles. The van der Waals surface area contributed by atoms with Gasteiger partial charge in [0.1, 0.15) is 16.6 Å². The summed E-state index contributed by atoms with van der Waals surface area (Å²) in [5.74, 6) is -0.424. The van der Waals surface area contributed by atoms with E-state index in [4.69, 9.17) is 27.9 Å². The van der Waals surface area contributed by atoms with Crippen molar-refractivity contribution in [1.82, 2.24) is 0 Å². The Kier molecular flexibility index (Phi) is 5.04. The van der Waals surface area contributed by atoms with Gasteiger partial charge in [0.2, 0.25) is 0 Å². The van der Waals surface area contributed by atoms with Gasteiger partial charge in [-0.3, -0.25) is 4.79 Å². The minimum atomic E-state index is -0.786. The molecule has 6 heteroatoms. The number of rotatable bonds is 4. The standard InChI is InChI=1S/C15H12Cl2FNO2/c1-9(21-13-4-2-3-12(16)14(13)17)15(20)19-11-7-5-10(18)6-8-11/h2-9H,1H3,(H,19,20)/t9-/m1/s1. The average Bonchev–Trinajstić information content (AvgIpc) is 2.46. The van der Waals surface area contributed by atoms with E-state index in [9.17, 15) is 9.18 Å². The first-order chi connectivity index (χ1) is 9.97. The van der Waals surface area contributed by atoms with Crippen LogP contribution in [-0.4, -0.2) is 12.0 Å². The Morgan fingerprint density at radius 2 is 1.86 bits per heavy atom. The van der Waals surface area contributed by atoms with Crippen LogP contribution in [0.1, 0.15) is 6.92 Å². The van der Waals surface area contributed by atoms with Crippen LogP contribution in [0.2, 0.25) is 10.0 Å². The van der Waals surface area contributed by atoms with Crippen molar-refractivity contribution in [2.45, 2.75) is 13.0 Å². The van der Waals surface area contributed by atoms with E-state index in [0.717, 1.165) is 0 Å². The summed E-state index contributed by atoms with van der Waals surface area (Å²) in [7, 11) is 0. The van der Waals surface area contributed by atoms with Crippen LogP contribution in [0.25, 0.3) is 0 Å². The summed E-state index contributed by atoms with van der Waals surface area (Å²) < 4.78 is 18.3. The molecule has 0 bridgehead atoms. The van der Waals surface area contributed by atoms with Crippen molar-refractivity contribution in [2.24, 2.45) is 0 Å². The molecule has 0 heterocycles. The number of hydrogen-bond acceptors (Lipinski definition) is 2. The zero-order chi connectivity index (χ0) is 15.4. The third-order valence-electron chi connectivity index (χ3n) is 2.70. The van der Waals surface area contributed by atoms with E-state index in [2.05, 4.69) is 5.32 Å². The van der Waals surface area contributed by atoms with Crippen molar-refractivity contribution in [3.8, 4) is 5.75 Å². The molecule has 2 aromatic carbocycles. The second-order valence-corrected chi connectivity index (χ2v) is 5.09. The van der Waals surface area contributed by atoms with E-state index >= 15 is 0 Å². The van der Waals surface area contributed by atoms with Crippen LogP contribution >= 0.6 is 23.2 Å². The summed E-state index contributed by atoms with van der Waals surface area (Å²) in [5.41, 5.74) is 0.481. The van der Waals surface area contributed by atoms with Gasteiger partial charge in [-0.15, -0.1) is 0 Å². The first-order valence-corrected chi connectivity index (χ1v) is 6.90. The maximum Gasteiger partial charge on any atom is 0.265 e. The average molecular weight is 328 g/mol. The number of halogens is 3. The lowest BCUT2D eigenvalue weighted by Gasteiger charge is -2.16. The molecular weight excluding hydrogens is 316 g/mol. The highest BCUT2D eigenvalue weighted by molar-refractivity contribution is 6.42. The number of benzene rings is 2. The second kappa shape index (κ2) is 6.78. The third-order valence-corrected chi connectivity index (χ3v) is 3.50. The number of ether oxygens (including phenoxy) is 1. The summed E-state index contributed by atoms with van der Waals surface area (Å²) in [6, 6.07) is 10.4. The highest BCUT2D eigenvalue weighted by Gasteiger charge is 2.17. The van der Waals surface area contributed by atoms with Crippen LogP contribution < -0.4 is 10.1 Å². The van der Waals surface area contributed by atoms with Crippen molar-refractivity contribution in [1.29, 1.82) is 0 Å². The van der Waals surface area contributed by atoms with Gasteiger partial charge in [0.15, 0.2) is 6.10 Å². The van der Waals surface area contributed by atoms with Gasteiger partial charge < -0.3 is 10.1 Å². The molecule has 110 valence electrons. The number of hydrogen-bond donors (Lipinski definition) is 1. The minimum Gasteiger partial charge on any atom is -0.479 e. The highest BCUT2D eigenvalue weighted by atomic mass is 35.5. The molecule has 0 spiro atoms. The molecule has 2 rings (SSSR count). The second-order valence-electron chi connectivity index (χ2n) is 4.31. The van der Waals surface area contributed by atoms with Crippen LogP contribution in [-0.2, 0) is 4.79 Å². The zero-order valence-electron chi connectivity index (χ0n) is 11.1. The van der Waals surface area contributed by atoms with Crippen LogP contribution in [0.3, 0.4) is 0 Å². The molecule has 3 nitrogen and oxygen atoms in total. The van der Waals surface area contributed by atoms with E-state index in [0.29, 0.717) is 16.5 Å². The van der Waals surface area contributed by atoms with Gasteiger partial charge in [-0.1, -0.05) is 29.3 Å². The molecule has 0 unspecified atom stereocenters. The summed E-state index contributed by atoms with van der Waals surface area (Å²) >= 11 is 11.9. The Bertz CT molecular complexity index is 647. The fourth-order valence-electron chi connectivity index (χ4n) is 1.60. The first kappa shape index (κ1) is 15.6. The molecule has 2 aromatic rings. The predicted molar refractivity (Wildman–Crippen MR) is 81.6 cm³/mol. The number of amides is 1. The van der Waals surface area contributed by atoms with Crippen LogP contribution in [0.4, 0.5) is 10.1 Å². The number of carbonyl (C=O) groups is 1. The molecule has 1 amide bonds. The Morgan fingerprint density at radius 3 is 2.52 bits per heavy atom.